The number of carboxylic acids is 1. The Bertz CT molecular complexity index is 904. The third-order valence-electron chi connectivity index (χ3n) is 3.89. The molecule has 6 heteroatoms. The van der Waals surface area contributed by atoms with Gasteiger partial charge >= 0.3 is 5.97 Å². The van der Waals surface area contributed by atoms with Crippen LogP contribution in [0.5, 0.6) is 5.75 Å². The molecular weight excluding hydrogens is 378 g/mol. The zero-order valence-corrected chi connectivity index (χ0v) is 16.2. The van der Waals surface area contributed by atoms with Crippen molar-refractivity contribution in [3.8, 4) is 17.6 Å². The highest BCUT2D eigenvalue weighted by atomic mass is 19.1. The summed E-state index contributed by atoms with van der Waals surface area (Å²) in [5, 5.41) is 9.13. The van der Waals surface area contributed by atoms with E-state index in [0.717, 1.165) is 11.6 Å². The van der Waals surface area contributed by atoms with Crippen LogP contribution in [0.25, 0.3) is 0 Å². The molecule has 2 rings (SSSR count). The van der Waals surface area contributed by atoms with Gasteiger partial charge in [0.05, 0.1) is 0 Å². The molecule has 1 unspecified atom stereocenters. The highest BCUT2D eigenvalue weighted by molar-refractivity contribution is 5.72. The summed E-state index contributed by atoms with van der Waals surface area (Å²) in [4.78, 5) is 11.1. The maximum Gasteiger partial charge on any atom is 0.333 e. The van der Waals surface area contributed by atoms with Crippen molar-refractivity contribution in [3.63, 3.8) is 0 Å². The smallest absolute Gasteiger partial charge is 0.333 e. The Hall–Kier alpha value is -3.17. The number of rotatable bonds is 8. The lowest BCUT2D eigenvalue weighted by molar-refractivity contribution is -0.149. The van der Waals surface area contributed by atoms with E-state index in [9.17, 15) is 13.6 Å². The fourth-order valence-corrected chi connectivity index (χ4v) is 2.47. The number of hydrogen-bond donors (Lipinski definition) is 1. The predicted octanol–water partition coefficient (Wildman–Crippen LogP) is 4.37. The van der Waals surface area contributed by atoms with Crippen molar-refractivity contribution in [2.24, 2.45) is 0 Å². The van der Waals surface area contributed by atoms with Crippen LogP contribution in [0, 0.1) is 23.5 Å². The first-order chi connectivity index (χ1) is 13.9. The number of ether oxygens (including phenoxy) is 2. The monoisotopic (exact) mass is 400 g/mol. The van der Waals surface area contributed by atoms with Crippen molar-refractivity contribution in [2.45, 2.75) is 26.4 Å². The van der Waals surface area contributed by atoms with Gasteiger partial charge in [-0.1, -0.05) is 24.0 Å². The van der Waals surface area contributed by atoms with Crippen LogP contribution in [0.15, 0.2) is 54.1 Å². The predicted molar refractivity (Wildman–Crippen MR) is 106 cm³/mol. The molecule has 0 aromatic heterocycles. The molecule has 0 heterocycles. The van der Waals surface area contributed by atoms with Gasteiger partial charge in [-0.2, -0.15) is 0 Å². The summed E-state index contributed by atoms with van der Waals surface area (Å²) in [5.41, 5.74) is 1.80. The summed E-state index contributed by atoms with van der Waals surface area (Å²) < 4.78 is 37.1. The summed E-state index contributed by atoms with van der Waals surface area (Å²) in [6.45, 7) is 4.13. The molecule has 29 heavy (non-hydrogen) atoms. The average molecular weight is 400 g/mol. The Morgan fingerprint density at radius 1 is 1.17 bits per heavy atom. The van der Waals surface area contributed by atoms with Crippen LogP contribution in [0.3, 0.4) is 0 Å². The lowest BCUT2D eigenvalue weighted by Gasteiger charge is -2.12. The molecule has 0 saturated heterocycles. The number of benzene rings is 2. The lowest BCUT2D eigenvalue weighted by Crippen LogP contribution is -2.26. The second-order valence-electron chi connectivity index (χ2n) is 6.24. The van der Waals surface area contributed by atoms with Crippen LogP contribution >= 0.6 is 0 Å². The van der Waals surface area contributed by atoms with Crippen molar-refractivity contribution < 1.29 is 28.2 Å². The minimum atomic E-state index is -0.991. The number of halogens is 2. The lowest BCUT2D eigenvalue weighted by atomic mass is 10.1. The SMILES string of the molecule is CCOC(Cc1ccc(OC/C=C(\C)C#Cc2cc(F)cc(F)c2)cc1)C(=O)O. The summed E-state index contributed by atoms with van der Waals surface area (Å²) in [5.74, 6) is 3.83. The van der Waals surface area contributed by atoms with Crippen LogP contribution in [0.4, 0.5) is 8.78 Å². The van der Waals surface area contributed by atoms with Crippen LogP contribution < -0.4 is 4.74 Å². The topological polar surface area (TPSA) is 55.8 Å². The van der Waals surface area contributed by atoms with E-state index in [1.165, 1.54) is 12.1 Å². The van der Waals surface area contributed by atoms with Crippen molar-refractivity contribution in [3.05, 3.63) is 76.9 Å². The molecule has 0 aliphatic carbocycles. The van der Waals surface area contributed by atoms with E-state index in [1.54, 1.807) is 44.2 Å². The number of carboxylic acid groups (broad SMARTS) is 1. The van der Waals surface area contributed by atoms with E-state index < -0.39 is 23.7 Å². The highest BCUT2D eigenvalue weighted by Gasteiger charge is 2.17. The van der Waals surface area contributed by atoms with Crippen LogP contribution in [0.2, 0.25) is 0 Å². The molecule has 0 aliphatic heterocycles. The van der Waals surface area contributed by atoms with E-state index in [1.807, 2.05) is 0 Å². The van der Waals surface area contributed by atoms with Crippen molar-refractivity contribution >= 4 is 5.97 Å². The van der Waals surface area contributed by atoms with E-state index in [4.69, 9.17) is 14.6 Å². The largest absolute Gasteiger partial charge is 0.490 e. The van der Waals surface area contributed by atoms with Gasteiger partial charge in [-0.15, -0.1) is 0 Å². The summed E-state index contributed by atoms with van der Waals surface area (Å²) >= 11 is 0. The van der Waals surface area contributed by atoms with E-state index >= 15 is 0 Å². The third-order valence-corrected chi connectivity index (χ3v) is 3.89. The van der Waals surface area contributed by atoms with Gasteiger partial charge in [0.1, 0.15) is 24.0 Å². The van der Waals surface area contributed by atoms with Gasteiger partial charge in [-0.05, 0) is 55.3 Å². The van der Waals surface area contributed by atoms with Crippen molar-refractivity contribution in [1.82, 2.24) is 0 Å². The Balaban J connectivity index is 1.89. The number of hydrogen-bond acceptors (Lipinski definition) is 3. The van der Waals surface area contributed by atoms with Gasteiger partial charge < -0.3 is 14.6 Å². The summed E-state index contributed by atoms with van der Waals surface area (Å²) in [6, 6.07) is 10.2. The van der Waals surface area contributed by atoms with Gasteiger partial charge in [-0.25, -0.2) is 13.6 Å². The zero-order chi connectivity index (χ0) is 21.2. The molecule has 0 aliphatic rings. The molecule has 0 bridgehead atoms. The van der Waals surface area contributed by atoms with Gasteiger partial charge in [0.15, 0.2) is 6.10 Å². The number of aliphatic carboxylic acids is 1. The molecule has 4 nitrogen and oxygen atoms in total. The van der Waals surface area contributed by atoms with E-state index in [0.29, 0.717) is 17.9 Å². The van der Waals surface area contributed by atoms with Crippen molar-refractivity contribution in [1.29, 1.82) is 0 Å². The summed E-state index contributed by atoms with van der Waals surface area (Å²) in [6.07, 6.45) is 1.16. The van der Waals surface area contributed by atoms with E-state index in [2.05, 4.69) is 11.8 Å². The molecule has 1 atom stereocenters. The van der Waals surface area contributed by atoms with Gasteiger partial charge in [0.2, 0.25) is 0 Å². The van der Waals surface area contributed by atoms with E-state index in [-0.39, 0.29) is 18.6 Å². The molecule has 0 fully saturated rings. The van der Waals surface area contributed by atoms with Crippen LogP contribution in [-0.2, 0) is 16.0 Å². The molecule has 2 aromatic rings. The van der Waals surface area contributed by atoms with Gasteiger partial charge in [0.25, 0.3) is 0 Å². The van der Waals surface area contributed by atoms with Crippen molar-refractivity contribution in [2.75, 3.05) is 13.2 Å². The Kier molecular flexibility index (Phi) is 8.38. The number of allylic oxidation sites excluding steroid dienone is 1. The average Bonchev–Trinajstić information content (AvgIpc) is 2.66. The third kappa shape index (κ3) is 7.76. The Morgan fingerprint density at radius 2 is 1.83 bits per heavy atom. The first kappa shape index (κ1) is 22.1. The normalized spacial score (nSPS) is 12.1. The van der Waals surface area contributed by atoms with Crippen LogP contribution in [-0.4, -0.2) is 30.4 Å². The second kappa shape index (κ2) is 11.0. The van der Waals surface area contributed by atoms with Gasteiger partial charge in [-0.3, -0.25) is 0 Å². The molecule has 0 radical (unpaired) electrons. The minimum absolute atomic E-state index is 0.262. The maximum absolute atomic E-state index is 13.1. The molecule has 1 N–H and O–H groups in total. The molecular formula is C23H22F2O4. The molecule has 152 valence electrons. The second-order valence-corrected chi connectivity index (χ2v) is 6.24. The fraction of sp³-hybridized carbons (Fsp3) is 0.261. The highest BCUT2D eigenvalue weighted by Crippen LogP contribution is 2.15. The zero-order valence-electron chi connectivity index (χ0n) is 16.2. The molecule has 0 amide bonds. The minimum Gasteiger partial charge on any atom is -0.490 e. The van der Waals surface area contributed by atoms with Crippen LogP contribution in [0.1, 0.15) is 25.0 Å². The fourth-order valence-electron chi connectivity index (χ4n) is 2.47. The first-order valence-corrected chi connectivity index (χ1v) is 9.08. The molecule has 0 spiro atoms. The molecule has 0 saturated carbocycles. The summed E-state index contributed by atoms with van der Waals surface area (Å²) in [7, 11) is 0. The first-order valence-electron chi connectivity index (χ1n) is 9.08. The number of carbonyl (C=O) groups is 1. The quantitative estimate of drug-likeness (QED) is 0.669. The Labute approximate surface area is 168 Å². The Morgan fingerprint density at radius 3 is 2.41 bits per heavy atom. The standard InChI is InChI=1S/C23H22F2O4/c1-3-28-22(23(26)27)14-17-6-8-21(9-7-17)29-11-10-16(2)4-5-18-12-19(24)15-20(25)13-18/h6-10,12-13,15,22H,3,11,14H2,1-2H3,(H,26,27)/b16-10+. The van der Waals surface area contributed by atoms with Gasteiger partial charge in [0, 0.05) is 24.7 Å². The maximum atomic E-state index is 13.1. The molecule has 2 aromatic carbocycles.